The molecular weight excluding hydrogens is 509 g/mol. The van der Waals surface area contributed by atoms with Crippen LogP contribution < -0.4 is 5.56 Å². The average Bonchev–Trinajstić information content (AvgIpc) is 3.45. The number of ether oxygens (including phenoxy) is 1. The molecule has 4 heterocycles. The summed E-state index contributed by atoms with van der Waals surface area (Å²) in [5.74, 6) is -0.920. The Morgan fingerprint density at radius 1 is 1.28 bits per heavy atom. The Kier molecular flexibility index (Phi) is 6.54. The minimum Gasteiger partial charge on any atom is -0.501 e. The van der Waals surface area contributed by atoms with Crippen LogP contribution in [0.2, 0.25) is 5.02 Å². The van der Waals surface area contributed by atoms with Gasteiger partial charge in [-0.1, -0.05) is 17.7 Å². The van der Waals surface area contributed by atoms with Crippen LogP contribution in [0.4, 0.5) is 4.39 Å². The van der Waals surface area contributed by atoms with Crippen LogP contribution in [0.3, 0.4) is 0 Å². The zero-order chi connectivity index (χ0) is 25.6. The van der Waals surface area contributed by atoms with Crippen molar-refractivity contribution in [3.05, 3.63) is 68.4 Å². The van der Waals surface area contributed by atoms with Gasteiger partial charge in [-0.05, 0) is 31.5 Å². The molecular formula is C24H23ClFN5O4S. The molecule has 0 spiro atoms. The third-order valence-electron chi connectivity index (χ3n) is 5.92. The topological polar surface area (TPSA) is 102 Å². The van der Waals surface area contributed by atoms with Gasteiger partial charge >= 0.3 is 5.56 Å². The summed E-state index contributed by atoms with van der Waals surface area (Å²) in [4.78, 5) is 37.2. The highest BCUT2D eigenvalue weighted by Gasteiger charge is 2.27. The van der Waals surface area contributed by atoms with Crippen molar-refractivity contribution in [2.45, 2.75) is 39.0 Å². The van der Waals surface area contributed by atoms with Crippen molar-refractivity contribution in [1.29, 1.82) is 0 Å². The van der Waals surface area contributed by atoms with Gasteiger partial charge in [-0.15, -0.1) is 11.3 Å². The first-order valence-electron chi connectivity index (χ1n) is 11.3. The maximum absolute atomic E-state index is 13.5. The predicted molar refractivity (Wildman–Crippen MR) is 133 cm³/mol. The van der Waals surface area contributed by atoms with Gasteiger partial charge in [0.05, 0.1) is 17.2 Å². The Labute approximate surface area is 214 Å². The second kappa shape index (κ2) is 9.64. The number of carbonyl (C=O) groups excluding carboxylic acids is 1. The fraction of sp³-hybridized carbons (Fsp3) is 0.333. The SMILES string of the molecule is CC1CN(C(=O)Cn2ccn3c(=O)c(O)c(-c4ncc(Cc5ccc(F)c(Cl)c5)s4)nc23)CC(C)O1. The Morgan fingerprint density at radius 2 is 2.03 bits per heavy atom. The van der Waals surface area contributed by atoms with Gasteiger partial charge in [0.25, 0.3) is 0 Å². The van der Waals surface area contributed by atoms with E-state index in [1.54, 1.807) is 34.0 Å². The number of aromatic nitrogens is 4. The molecule has 0 saturated carbocycles. The lowest BCUT2D eigenvalue weighted by Crippen LogP contribution is -2.49. The Hall–Kier alpha value is -3.28. The van der Waals surface area contributed by atoms with Gasteiger partial charge in [-0.3, -0.25) is 9.59 Å². The summed E-state index contributed by atoms with van der Waals surface area (Å²) in [6.45, 7) is 4.81. The molecule has 1 aromatic carbocycles. The summed E-state index contributed by atoms with van der Waals surface area (Å²) in [6, 6.07) is 4.48. The van der Waals surface area contributed by atoms with E-state index in [9.17, 15) is 19.1 Å². The molecule has 12 heteroatoms. The molecule has 0 aliphatic carbocycles. The summed E-state index contributed by atoms with van der Waals surface area (Å²) in [5.41, 5.74) is 0.176. The predicted octanol–water partition coefficient (Wildman–Crippen LogP) is 3.34. The first kappa shape index (κ1) is 24.4. The molecule has 5 rings (SSSR count). The quantitative estimate of drug-likeness (QED) is 0.424. The lowest BCUT2D eigenvalue weighted by molar-refractivity contribution is -0.143. The highest BCUT2D eigenvalue weighted by molar-refractivity contribution is 7.15. The van der Waals surface area contributed by atoms with Gasteiger partial charge in [0, 0.05) is 43.0 Å². The fourth-order valence-electron chi connectivity index (χ4n) is 4.31. The van der Waals surface area contributed by atoms with Gasteiger partial charge in [-0.25, -0.2) is 18.8 Å². The molecule has 0 radical (unpaired) electrons. The lowest BCUT2D eigenvalue weighted by Gasteiger charge is -2.35. The summed E-state index contributed by atoms with van der Waals surface area (Å²) in [6.07, 6.45) is 4.99. The fourth-order valence-corrected chi connectivity index (χ4v) is 5.45. The highest BCUT2D eigenvalue weighted by Crippen LogP contribution is 2.30. The van der Waals surface area contributed by atoms with Crippen molar-refractivity contribution < 1.29 is 19.0 Å². The maximum atomic E-state index is 13.5. The molecule has 1 amide bonds. The van der Waals surface area contributed by atoms with E-state index in [0.717, 1.165) is 10.4 Å². The molecule has 0 bridgehead atoms. The minimum atomic E-state index is -0.656. The van der Waals surface area contributed by atoms with E-state index in [0.29, 0.717) is 24.5 Å². The summed E-state index contributed by atoms with van der Waals surface area (Å²) < 4.78 is 21.9. The van der Waals surface area contributed by atoms with E-state index in [1.165, 1.54) is 28.0 Å². The lowest BCUT2D eigenvalue weighted by atomic mass is 10.1. The summed E-state index contributed by atoms with van der Waals surface area (Å²) in [7, 11) is 0. The maximum Gasteiger partial charge on any atom is 0.302 e. The Bertz CT molecular complexity index is 1510. The van der Waals surface area contributed by atoms with E-state index in [4.69, 9.17) is 16.3 Å². The largest absolute Gasteiger partial charge is 0.501 e. The monoisotopic (exact) mass is 531 g/mol. The number of hydrogen-bond donors (Lipinski definition) is 1. The molecule has 1 aliphatic rings. The second-order valence-electron chi connectivity index (χ2n) is 8.82. The summed E-state index contributed by atoms with van der Waals surface area (Å²) in [5, 5.41) is 11.0. The number of hydrogen-bond acceptors (Lipinski definition) is 7. The van der Waals surface area contributed by atoms with Crippen LogP contribution in [-0.4, -0.2) is 60.1 Å². The van der Waals surface area contributed by atoms with Crippen molar-refractivity contribution in [3.8, 4) is 16.5 Å². The van der Waals surface area contributed by atoms with Gasteiger partial charge < -0.3 is 19.3 Å². The van der Waals surface area contributed by atoms with Crippen molar-refractivity contribution in [3.63, 3.8) is 0 Å². The number of morpholine rings is 1. The smallest absolute Gasteiger partial charge is 0.302 e. The van der Waals surface area contributed by atoms with Crippen LogP contribution in [0.1, 0.15) is 24.3 Å². The second-order valence-corrected chi connectivity index (χ2v) is 10.3. The van der Waals surface area contributed by atoms with Gasteiger partial charge in [0.15, 0.2) is 5.69 Å². The number of aromatic hydroxyl groups is 1. The van der Waals surface area contributed by atoms with Crippen molar-refractivity contribution in [1.82, 2.24) is 23.8 Å². The molecule has 3 aromatic heterocycles. The minimum absolute atomic E-state index is 0.0129. The molecule has 1 aliphatic heterocycles. The third-order valence-corrected chi connectivity index (χ3v) is 7.22. The van der Waals surface area contributed by atoms with Gasteiger partial charge in [0.1, 0.15) is 17.4 Å². The Morgan fingerprint density at radius 3 is 2.75 bits per heavy atom. The zero-order valence-electron chi connectivity index (χ0n) is 19.5. The number of halogens is 2. The van der Waals surface area contributed by atoms with Crippen LogP contribution in [0, 0.1) is 5.82 Å². The van der Waals surface area contributed by atoms with Crippen LogP contribution in [0.5, 0.6) is 5.75 Å². The zero-order valence-corrected chi connectivity index (χ0v) is 21.1. The van der Waals surface area contributed by atoms with Crippen LogP contribution >= 0.6 is 22.9 Å². The van der Waals surface area contributed by atoms with E-state index < -0.39 is 17.1 Å². The van der Waals surface area contributed by atoms with E-state index in [2.05, 4.69) is 9.97 Å². The van der Waals surface area contributed by atoms with Gasteiger partial charge in [0.2, 0.25) is 17.4 Å². The van der Waals surface area contributed by atoms with Crippen LogP contribution in [0.15, 0.2) is 41.6 Å². The number of benzene rings is 1. The molecule has 9 nitrogen and oxygen atoms in total. The molecule has 1 N–H and O–H groups in total. The van der Waals surface area contributed by atoms with Crippen LogP contribution in [-0.2, 0) is 22.5 Å². The van der Waals surface area contributed by atoms with Crippen molar-refractivity contribution in [2.24, 2.45) is 0 Å². The third kappa shape index (κ3) is 4.73. The number of thiazole rings is 1. The molecule has 188 valence electrons. The first-order valence-corrected chi connectivity index (χ1v) is 12.5. The molecule has 1 fully saturated rings. The molecule has 2 unspecified atom stereocenters. The number of imidazole rings is 1. The highest BCUT2D eigenvalue weighted by atomic mass is 35.5. The van der Waals surface area contributed by atoms with E-state index >= 15 is 0 Å². The van der Waals surface area contributed by atoms with Crippen molar-refractivity contribution >= 4 is 34.6 Å². The number of fused-ring (bicyclic) bond motifs is 1. The normalized spacial score (nSPS) is 18.2. The summed E-state index contributed by atoms with van der Waals surface area (Å²) >= 11 is 7.13. The van der Waals surface area contributed by atoms with E-state index in [-0.39, 0.29) is 41.2 Å². The first-order chi connectivity index (χ1) is 17.2. The number of rotatable bonds is 5. The number of nitrogens with zero attached hydrogens (tertiary/aromatic N) is 5. The average molecular weight is 532 g/mol. The molecule has 1 saturated heterocycles. The van der Waals surface area contributed by atoms with Gasteiger partial charge in [-0.2, -0.15) is 0 Å². The number of carbonyl (C=O) groups is 1. The standard InChI is InChI=1S/C24H23ClFN5O4S/c1-13-10-30(11-14(2)35-13)19(32)12-29-5-6-31-23(34)21(33)20(28-24(29)31)22-27-9-16(36-22)7-15-3-4-18(26)17(25)8-15/h3-6,8-9,13-14,33H,7,10-12H2,1-2H3. The van der Waals surface area contributed by atoms with Crippen molar-refractivity contribution in [2.75, 3.05) is 13.1 Å². The molecule has 4 aromatic rings. The number of amides is 1. The van der Waals surface area contributed by atoms with E-state index in [1.807, 2.05) is 13.8 Å². The van der Waals surface area contributed by atoms with Crippen LogP contribution in [0.25, 0.3) is 16.5 Å². The Balaban J connectivity index is 1.43. The molecule has 2 atom stereocenters. The molecule has 36 heavy (non-hydrogen) atoms.